The highest BCUT2D eigenvalue weighted by molar-refractivity contribution is 9.10. The van der Waals surface area contributed by atoms with Crippen LogP contribution in [0.2, 0.25) is 0 Å². The van der Waals surface area contributed by atoms with E-state index in [4.69, 9.17) is 0 Å². The molecule has 3 heteroatoms. The molecule has 0 fully saturated rings. The van der Waals surface area contributed by atoms with E-state index in [0.717, 1.165) is 8.95 Å². The molecule has 4 aromatic rings. The predicted octanol–water partition coefficient (Wildman–Crippen LogP) is 8.82. The molecule has 144 valence electrons. The van der Waals surface area contributed by atoms with Crippen LogP contribution in [0.4, 0.5) is 0 Å². The van der Waals surface area contributed by atoms with Gasteiger partial charge in [0, 0.05) is 8.95 Å². The molecule has 0 bridgehead atoms. The van der Waals surface area contributed by atoms with E-state index in [-0.39, 0.29) is 10.5 Å². The minimum atomic E-state index is 0.220. The van der Waals surface area contributed by atoms with Crippen molar-refractivity contribution in [3.63, 3.8) is 0 Å². The molecule has 0 nitrogen and oxygen atoms in total. The van der Waals surface area contributed by atoms with Gasteiger partial charge in [-0.3, -0.25) is 0 Å². The van der Waals surface area contributed by atoms with Crippen molar-refractivity contribution in [1.82, 2.24) is 0 Å². The fourth-order valence-corrected chi connectivity index (χ4v) is 5.77. The number of benzene rings is 4. The second-order valence-electron chi connectivity index (χ2n) is 6.83. The second kappa shape index (κ2) is 9.80. The van der Waals surface area contributed by atoms with Crippen molar-refractivity contribution in [2.24, 2.45) is 0 Å². The Bertz CT molecular complexity index is 977. The van der Waals surface area contributed by atoms with Crippen LogP contribution in [0.25, 0.3) is 0 Å². The van der Waals surface area contributed by atoms with Gasteiger partial charge < -0.3 is 0 Å². The summed E-state index contributed by atoms with van der Waals surface area (Å²) in [5, 5.41) is 0.441. The van der Waals surface area contributed by atoms with Gasteiger partial charge in [0.25, 0.3) is 0 Å². The maximum atomic E-state index is 3.65. The fraction of sp³-hybridized carbons (Fsp3) is 0.0769. The molecule has 0 aliphatic carbocycles. The first-order valence-electron chi connectivity index (χ1n) is 9.47. The molecule has 0 radical (unpaired) electrons. The van der Waals surface area contributed by atoms with E-state index in [1.165, 1.54) is 22.3 Å². The first-order valence-corrected chi connectivity index (χ1v) is 12.0. The van der Waals surface area contributed by atoms with E-state index in [0.29, 0.717) is 0 Å². The molecular weight excluding hydrogens is 504 g/mol. The van der Waals surface area contributed by atoms with Crippen molar-refractivity contribution in [3.8, 4) is 0 Å². The van der Waals surface area contributed by atoms with Crippen molar-refractivity contribution in [2.45, 2.75) is 10.5 Å². The lowest BCUT2D eigenvalue weighted by molar-refractivity contribution is 1.09. The van der Waals surface area contributed by atoms with Crippen LogP contribution in [0, 0.1) is 0 Å². The van der Waals surface area contributed by atoms with Gasteiger partial charge in [-0.2, -0.15) is 0 Å². The summed E-state index contributed by atoms with van der Waals surface area (Å²) >= 11 is 9.28. The smallest absolute Gasteiger partial charge is 0.0556 e. The van der Waals surface area contributed by atoms with Gasteiger partial charge in [0.2, 0.25) is 0 Å². The van der Waals surface area contributed by atoms with Crippen LogP contribution >= 0.6 is 43.6 Å². The highest BCUT2D eigenvalue weighted by atomic mass is 79.9. The normalized spacial score (nSPS) is 13.0. The van der Waals surface area contributed by atoms with Gasteiger partial charge in [-0.15, -0.1) is 11.8 Å². The Morgan fingerprint density at radius 2 is 0.828 bits per heavy atom. The summed E-state index contributed by atoms with van der Waals surface area (Å²) in [5.74, 6) is 0. The van der Waals surface area contributed by atoms with Crippen LogP contribution in [0.1, 0.15) is 32.8 Å². The molecule has 0 aromatic heterocycles. The van der Waals surface area contributed by atoms with Crippen LogP contribution < -0.4 is 0 Å². The fourth-order valence-electron chi connectivity index (χ4n) is 3.43. The third-order valence-corrected chi connectivity index (χ3v) is 7.40. The van der Waals surface area contributed by atoms with E-state index in [1.54, 1.807) is 0 Å². The highest BCUT2D eigenvalue weighted by Gasteiger charge is 2.23. The average molecular weight is 524 g/mol. The van der Waals surface area contributed by atoms with Gasteiger partial charge in [0.1, 0.15) is 0 Å². The van der Waals surface area contributed by atoms with Gasteiger partial charge in [0.15, 0.2) is 0 Å². The lowest BCUT2D eigenvalue weighted by Gasteiger charge is -2.25. The quantitative estimate of drug-likeness (QED) is 0.243. The maximum absolute atomic E-state index is 3.65. The zero-order valence-electron chi connectivity index (χ0n) is 15.7. The first kappa shape index (κ1) is 20.5. The van der Waals surface area contributed by atoms with E-state index < -0.39 is 0 Å². The summed E-state index contributed by atoms with van der Waals surface area (Å²) in [6.07, 6.45) is 0. The van der Waals surface area contributed by atoms with Gasteiger partial charge in [0.05, 0.1) is 10.5 Å². The molecule has 0 aliphatic rings. The lowest BCUT2D eigenvalue weighted by atomic mass is 10.0. The first-order chi connectivity index (χ1) is 14.2. The van der Waals surface area contributed by atoms with Crippen LogP contribution in [0.5, 0.6) is 0 Å². The van der Waals surface area contributed by atoms with Crippen molar-refractivity contribution in [3.05, 3.63) is 140 Å². The molecule has 4 rings (SSSR count). The Morgan fingerprint density at radius 1 is 0.448 bits per heavy atom. The second-order valence-corrected chi connectivity index (χ2v) is 9.87. The summed E-state index contributed by atoms with van der Waals surface area (Å²) in [7, 11) is 0. The Hall–Kier alpha value is -1.81. The number of rotatable bonds is 6. The van der Waals surface area contributed by atoms with Crippen LogP contribution in [-0.4, -0.2) is 0 Å². The summed E-state index contributed by atoms with van der Waals surface area (Å²) in [6.45, 7) is 0. The molecule has 2 atom stereocenters. The summed E-state index contributed by atoms with van der Waals surface area (Å²) < 4.78 is 2.21. The lowest BCUT2D eigenvalue weighted by Crippen LogP contribution is -2.04. The zero-order valence-corrected chi connectivity index (χ0v) is 19.7. The SMILES string of the molecule is Brc1cccc(C(SC(c2ccccc2)c2cccc(Br)c2)c2ccccc2)c1. The van der Waals surface area contributed by atoms with Gasteiger partial charge in [-0.1, -0.05) is 117 Å². The minimum absolute atomic E-state index is 0.220. The van der Waals surface area contributed by atoms with Crippen molar-refractivity contribution < 1.29 is 0 Å². The summed E-state index contributed by atoms with van der Waals surface area (Å²) in [5.41, 5.74) is 5.22. The van der Waals surface area contributed by atoms with E-state index >= 15 is 0 Å². The van der Waals surface area contributed by atoms with Crippen molar-refractivity contribution in [2.75, 3.05) is 0 Å². The number of thioether (sulfide) groups is 1. The molecule has 0 aliphatic heterocycles. The molecule has 0 amide bonds. The van der Waals surface area contributed by atoms with Crippen molar-refractivity contribution in [1.29, 1.82) is 0 Å². The number of halogens is 2. The zero-order chi connectivity index (χ0) is 20.1. The van der Waals surface area contributed by atoms with E-state index in [9.17, 15) is 0 Å². The summed E-state index contributed by atoms with van der Waals surface area (Å²) in [4.78, 5) is 0. The minimum Gasteiger partial charge on any atom is -0.136 e. The Balaban J connectivity index is 1.80. The van der Waals surface area contributed by atoms with Crippen molar-refractivity contribution >= 4 is 43.6 Å². The average Bonchev–Trinajstić information content (AvgIpc) is 2.76. The maximum Gasteiger partial charge on any atom is 0.0556 e. The number of hydrogen-bond donors (Lipinski definition) is 0. The monoisotopic (exact) mass is 522 g/mol. The Morgan fingerprint density at radius 3 is 1.21 bits per heavy atom. The molecule has 0 saturated carbocycles. The third-order valence-electron chi connectivity index (χ3n) is 4.78. The van der Waals surface area contributed by atoms with Gasteiger partial charge >= 0.3 is 0 Å². The molecule has 4 aromatic carbocycles. The van der Waals surface area contributed by atoms with E-state index in [1.807, 2.05) is 11.8 Å². The van der Waals surface area contributed by atoms with Gasteiger partial charge in [-0.25, -0.2) is 0 Å². The molecule has 0 heterocycles. The standard InChI is InChI=1S/C26H20Br2S/c27-23-15-7-13-21(17-23)25(19-9-3-1-4-10-19)29-26(20-11-5-2-6-12-20)22-14-8-16-24(28)18-22/h1-18,25-26H. The molecular formula is C26H20Br2S. The molecule has 0 spiro atoms. The topological polar surface area (TPSA) is 0 Å². The van der Waals surface area contributed by atoms with E-state index in [2.05, 4.69) is 141 Å². The van der Waals surface area contributed by atoms with Crippen LogP contribution in [0.3, 0.4) is 0 Å². The molecule has 0 saturated heterocycles. The number of hydrogen-bond acceptors (Lipinski definition) is 1. The van der Waals surface area contributed by atoms with Gasteiger partial charge in [-0.05, 0) is 46.5 Å². The molecule has 0 N–H and O–H groups in total. The predicted molar refractivity (Wildman–Crippen MR) is 132 cm³/mol. The molecule has 2 unspecified atom stereocenters. The largest absolute Gasteiger partial charge is 0.136 e. The Kier molecular flexibility index (Phi) is 6.91. The molecule has 29 heavy (non-hydrogen) atoms. The third kappa shape index (κ3) is 5.22. The highest BCUT2D eigenvalue weighted by Crippen LogP contribution is 2.48. The summed E-state index contributed by atoms with van der Waals surface area (Å²) in [6, 6.07) is 38.8. The van der Waals surface area contributed by atoms with Crippen LogP contribution in [-0.2, 0) is 0 Å². The van der Waals surface area contributed by atoms with Crippen LogP contribution in [0.15, 0.2) is 118 Å². The Labute approximate surface area is 193 Å².